The van der Waals surface area contributed by atoms with Crippen LogP contribution in [0.15, 0.2) is 54.9 Å². The first-order chi connectivity index (χ1) is 15.1. The predicted octanol–water partition coefficient (Wildman–Crippen LogP) is 4.39. The second kappa shape index (κ2) is 8.22. The highest BCUT2D eigenvalue weighted by Gasteiger charge is 2.32. The van der Waals surface area contributed by atoms with E-state index in [-0.39, 0.29) is 12.5 Å². The Kier molecular flexibility index (Phi) is 5.58. The number of nitrogens with one attached hydrogen (secondary N) is 1. The first-order valence-corrected chi connectivity index (χ1v) is 10.0. The molecular weight excluding hydrogens is 423 g/mol. The van der Waals surface area contributed by atoms with E-state index < -0.39 is 17.3 Å². The largest absolute Gasteiger partial charge is 0.486 e. The lowest BCUT2D eigenvalue weighted by Crippen LogP contribution is -2.44. The molecule has 2 aromatic carbocycles. The molecule has 168 valence electrons. The molecule has 0 aliphatic carbocycles. The lowest BCUT2D eigenvalue weighted by Gasteiger charge is -2.24. The third-order valence-electron chi connectivity index (χ3n) is 5.29. The van der Waals surface area contributed by atoms with Crippen LogP contribution in [0.5, 0.6) is 11.5 Å². The number of hydrogen-bond donors (Lipinski definition) is 1. The van der Waals surface area contributed by atoms with Crippen molar-refractivity contribution in [1.82, 2.24) is 15.1 Å². The van der Waals surface area contributed by atoms with Gasteiger partial charge < -0.3 is 14.8 Å². The minimum absolute atomic E-state index is 0.0253. The Morgan fingerprint density at radius 3 is 2.56 bits per heavy atom. The fourth-order valence-corrected chi connectivity index (χ4v) is 3.36. The van der Waals surface area contributed by atoms with Crippen molar-refractivity contribution in [2.45, 2.75) is 32.1 Å². The molecule has 1 amide bonds. The Morgan fingerprint density at radius 2 is 1.81 bits per heavy atom. The van der Waals surface area contributed by atoms with Gasteiger partial charge in [-0.2, -0.15) is 18.3 Å². The lowest BCUT2D eigenvalue weighted by molar-refractivity contribution is -0.137. The molecule has 0 radical (unpaired) electrons. The summed E-state index contributed by atoms with van der Waals surface area (Å²) in [4.78, 5) is 12.8. The van der Waals surface area contributed by atoms with Crippen molar-refractivity contribution in [2.24, 2.45) is 0 Å². The number of nitrogens with zero attached hydrogens (tertiary/aromatic N) is 2. The second-order valence-corrected chi connectivity index (χ2v) is 7.97. The fraction of sp³-hybridized carbons (Fsp3) is 0.304. The van der Waals surface area contributed by atoms with Gasteiger partial charge in [0.2, 0.25) is 5.91 Å². The predicted molar refractivity (Wildman–Crippen MR) is 111 cm³/mol. The molecule has 0 atom stereocenters. The van der Waals surface area contributed by atoms with Crippen molar-refractivity contribution in [3.8, 4) is 22.6 Å². The molecule has 6 nitrogen and oxygen atoms in total. The average molecular weight is 445 g/mol. The molecule has 1 aliphatic heterocycles. The molecule has 0 saturated carbocycles. The van der Waals surface area contributed by atoms with Crippen LogP contribution in [0.1, 0.15) is 25.0 Å². The van der Waals surface area contributed by atoms with Gasteiger partial charge in [-0.3, -0.25) is 9.48 Å². The van der Waals surface area contributed by atoms with Gasteiger partial charge in [0, 0.05) is 18.3 Å². The van der Waals surface area contributed by atoms with E-state index in [0.717, 1.165) is 23.3 Å². The van der Waals surface area contributed by atoms with Crippen LogP contribution in [-0.4, -0.2) is 28.9 Å². The molecular formula is C23H22F3N3O3. The Labute approximate surface area is 183 Å². The Bertz CT molecular complexity index is 1140. The number of carbonyl (C=O) groups is 1. The van der Waals surface area contributed by atoms with Crippen molar-refractivity contribution in [3.63, 3.8) is 0 Å². The SMILES string of the molecule is CC(C)(C(=O)NCc1cccc(C(F)(F)F)c1)n1cc(-c2ccc3c(c2)OCCO3)cn1. The van der Waals surface area contributed by atoms with Crippen molar-refractivity contribution in [3.05, 3.63) is 66.0 Å². The zero-order chi connectivity index (χ0) is 22.9. The van der Waals surface area contributed by atoms with Crippen LogP contribution in [0.25, 0.3) is 11.1 Å². The van der Waals surface area contributed by atoms with Gasteiger partial charge in [0.05, 0.1) is 11.8 Å². The standard InChI is InChI=1S/C23H22F3N3O3/c1-22(2,21(30)27-12-15-4-3-5-18(10-15)23(24,25)26)29-14-17(13-28-29)16-6-7-19-20(11-16)32-9-8-31-19/h3-7,10-11,13-14H,8-9,12H2,1-2H3,(H,27,30). The van der Waals surface area contributed by atoms with Gasteiger partial charge in [-0.15, -0.1) is 0 Å². The average Bonchev–Trinajstić information content (AvgIpc) is 3.28. The Morgan fingerprint density at radius 1 is 1.06 bits per heavy atom. The van der Waals surface area contributed by atoms with Gasteiger partial charge in [0.1, 0.15) is 18.8 Å². The minimum Gasteiger partial charge on any atom is -0.486 e. The summed E-state index contributed by atoms with van der Waals surface area (Å²) in [5.74, 6) is 0.966. The van der Waals surface area contributed by atoms with Gasteiger partial charge in [0.25, 0.3) is 0 Å². The lowest BCUT2D eigenvalue weighted by atomic mass is 10.0. The number of ether oxygens (including phenoxy) is 2. The first-order valence-electron chi connectivity index (χ1n) is 10.0. The summed E-state index contributed by atoms with van der Waals surface area (Å²) >= 11 is 0. The third kappa shape index (κ3) is 4.42. The summed E-state index contributed by atoms with van der Waals surface area (Å²) in [6.07, 6.45) is -1.04. The van der Waals surface area contributed by atoms with Crippen LogP contribution in [0.2, 0.25) is 0 Å². The molecule has 0 fully saturated rings. The van der Waals surface area contributed by atoms with Gasteiger partial charge in [-0.05, 0) is 49.2 Å². The highest BCUT2D eigenvalue weighted by Crippen LogP contribution is 2.35. The fourth-order valence-electron chi connectivity index (χ4n) is 3.36. The number of alkyl halides is 3. The number of fused-ring (bicyclic) bond motifs is 1. The monoisotopic (exact) mass is 445 g/mol. The normalized spacial score (nSPS) is 13.7. The topological polar surface area (TPSA) is 65.4 Å². The molecule has 0 unspecified atom stereocenters. The van der Waals surface area contributed by atoms with Crippen molar-refractivity contribution in [2.75, 3.05) is 13.2 Å². The third-order valence-corrected chi connectivity index (χ3v) is 5.29. The van der Waals surface area contributed by atoms with Crippen LogP contribution in [0, 0.1) is 0 Å². The number of hydrogen-bond acceptors (Lipinski definition) is 4. The van der Waals surface area contributed by atoms with Gasteiger partial charge in [-0.25, -0.2) is 0 Å². The maximum Gasteiger partial charge on any atom is 0.416 e. The molecule has 4 rings (SSSR count). The number of amides is 1. The van der Waals surface area contributed by atoms with Crippen LogP contribution in [0.3, 0.4) is 0 Å². The van der Waals surface area contributed by atoms with E-state index >= 15 is 0 Å². The van der Waals surface area contributed by atoms with Crippen LogP contribution in [0.4, 0.5) is 13.2 Å². The van der Waals surface area contributed by atoms with Crippen molar-refractivity contribution >= 4 is 5.91 Å². The summed E-state index contributed by atoms with van der Waals surface area (Å²) < 4.78 is 51.4. The van der Waals surface area contributed by atoms with E-state index in [2.05, 4.69) is 10.4 Å². The second-order valence-electron chi connectivity index (χ2n) is 7.97. The first kappa shape index (κ1) is 21.7. The molecule has 1 N–H and O–H groups in total. The zero-order valence-electron chi connectivity index (χ0n) is 17.6. The summed E-state index contributed by atoms with van der Waals surface area (Å²) in [6, 6.07) is 10.5. The molecule has 0 spiro atoms. The van der Waals surface area contributed by atoms with E-state index in [1.165, 1.54) is 16.8 Å². The highest BCUT2D eigenvalue weighted by molar-refractivity contribution is 5.83. The minimum atomic E-state index is -4.43. The van der Waals surface area contributed by atoms with Crippen molar-refractivity contribution < 1.29 is 27.4 Å². The Hall–Kier alpha value is -3.49. The zero-order valence-corrected chi connectivity index (χ0v) is 17.6. The summed E-state index contributed by atoms with van der Waals surface area (Å²) in [6.45, 7) is 4.34. The van der Waals surface area contributed by atoms with E-state index in [4.69, 9.17) is 9.47 Å². The van der Waals surface area contributed by atoms with Crippen LogP contribution in [-0.2, 0) is 23.1 Å². The van der Waals surface area contributed by atoms with E-state index in [9.17, 15) is 18.0 Å². The molecule has 0 bridgehead atoms. The summed E-state index contributed by atoms with van der Waals surface area (Å²) in [5, 5.41) is 7.04. The highest BCUT2D eigenvalue weighted by atomic mass is 19.4. The van der Waals surface area contributed by atoms with E-state index in [1.807, 2.05) is 18.2 Å². The number of halogens is 3. The van der Waals surface area contributed by atoms with E-state index in [0.29, 0.717) is 30.3 Å². The molecule has 1 aromatic heterocycles. The van der Waals surface area contributed by atoms with Crippen LogP contribution < -0.4 is 14.8 Å². The maximum absolute atomic E-state index is 12.9. The quantitative estimate of drug-likeness (QED) is 0.633. The molecule has 0 saturated heterocycles. The molecule has 1 aliphatic rings. The van der Waals surface area contributed by atoms with Gasteiger partial charge in [-0.1, -0.05) is 18.2 Å². The summed E-state index contributed by atoms with van der Waals surface area (Å²) in [5.41, 5.74) is 0.204. The smallest absolute Gasteiger partial charge is 0.416 e. The molecule has 9 heteroatoms. The number of aromatic nitrogens is 2. The number of carbonyl (C=O) groups excluding carboxylic acids is 1. The van der Waals surface area contributed by atoms with Gasteiger partial charge in [0.15, 0.2) is 11.5 Å². The van der Waals surface area contributed by atoms with E-state index in [1.54, 1.807) is 26.2 Å². The van der Waals surface area contributed by atoms with Gasteiger partial charge >= 0.3 is 6.18 Å². The number of rotatable bonds is 5. The molecule has 3 aromatic rings. The summed E-state index contributed by atoms with van der Waals surface area (Å²) in [7, 11) is 0. The molecule has 32 heavy (non-hydrogen) atoms. The number of benzene rings is 2. The van der Waals surface area contributed by atoms with Crippen LogP contribution >= 0.6 is 0 Å². The maximum atomic E-state index is 12.9. The molecule has 2 heterocycles. The van der Waals surface area contributed by atoms with Crippen molar-refractivity contribution in [1.29, 1.82) is 0 Å². The Balaban J connectivity index is 1.47.